The first-order valence-electron chi connectivity index (χ1n) is 7.84. The number of aryl methyl sites for hydroxylation is 1. The van der Waals surface area contributed by atoms with E-state index in [0.717, 1.165) is 19.4 Å². The average molecular weight is 367 g/mol. The van der Waals surface area contributed by atoms with Crippen LogP contribution in [-0.2, 0) is 6.42 Å². The molecule has 130 valence electrons. The van der Waals surface area contributed by atoms with Gasteiger partial charge in [0.25, 0.3) is 0 Å². The van der Waals surface area contributed by atoms with E-state index in [1.54, 1.807) is 0 Å². The van der Waals surface area contributed by atoms with Gasteiger partial charge in [0.1, 0.15) is 0 Å². The maximum atomic E-state index is 11.1. The van der Waals surface area contributed by atoms with Crippen LogP contribution in [0.5, 0.6) is 0 Å². The number of carbonyl (C=O) groups is 1. The van der Waals surface area contributed by atoms with Crippen LogP contribution in [0.1, 0.15) is 40.9 Å². The van der Waals surface area contributed by atoms with Crippen LogP contribution >= 0.6 is 24.8 Å². The highest BCUT2D eigenvalue weighted by atomic mass is 35.5. The summed E-state index contributed by atoms with van der Waals surface area (Å²) in [5, 5.41) is 0. The van der Waals surface area contributed by atoms with E-state index in [9.17, 15) is 4.79 Å². The van der Waals surface area contributed by atoms with Gasteiger partial charge < -0.3 is 5.73 Å². The fourth-order valence-corrected chi connectivity index (χ4v) is 2.99. The first-order valence-corrected chi connectivity index (χ1v) is 7.84. The standard InChI is InChI=1S/C19H22N2O.2ClH/c1-14(21-13-18(21)16-5-3-2-4-6-16)7-8-15-9-11-17(12-10-15)19(20)22;;/h2-6,9-12,14,18H,7-8,13H2,1H3,(H2,20,22);2*1H/t14?,18?,21-;;/m0../s1. The van der Waals surface area contributed by atoms with E-state index in [4.69, 9.17) is 5.73 Å². The van der Waals surface area contributed by atoms with Crippen LogP contribution in [0.3, 0.4) is 0 Å². The number of carbonyl (C=O) groups excluding carboxylic acids is 1. The zero-order valence-electron chi connectivity index (χ0n) is 13.7. The second-order valence-electron chi connectivity index (χ2n) is 6.07. The van der Waals surface area contributed by atoms with Crippen molar-refractivity contribution in [1.29, 1.82) is 0 Å². The second kappa shape index (κ2) is 9.07. The molecule has 0 radical (unpaired) electrons. The highest BCUT2D eigenvalue weighted by Crippen LogP contribution is 2.37. The Morgan fingerprint density at radius 1 is 1.12 bits per heavy atom. The third kappa shape index (κ3) is 4.97. The van der Waals surface area contributed by atoms with Gasteiger partial charge >= 0.3 is 0 Å². The lowest BCUT2D eigenvalue weighted by molar-refractivity contribution is 0.100. The van der Waals surface area contributed by atoms with Crippen molar-refractivity contribution in [3.05, 3.63) is 71.3 Å². The highest BCUT2D eigenvalue weighted by molar-refractivity contribution is 5.92. The van der Waals surface area contributed by atoms with Crippen molar-refractivity contribution in [3.8, 4) is 0 Å². The summed E-state index contributed by atoms with van der Waals surface area (Å²) >= 11 is 0. The summed E-state index contributed by atoms with van der Waals surface area (Å²) in [6.07, 6.45) is 2.15. The predicted octanol–water partition coefficient (Wildman–Crippen LogP) is 4.01. The van der Waals surface area contributed by atoms with E-state index >= 15 is 0 Å². The molecule has 1 fully saturated rings. The molecule has 0 aromatic heterocycles. The fourth-order valence-electron chi connectivity index (χ4n) is 2.99. The summed E-state index contributed by atoms with van der Waals surface area (Å²) in [6, 6.07) is 19.5. The van der Waals surface area contributed by atoms with E-state index in [0.29, 0.717) is 17.6 Å². The third-order valence-electron chi connectivity index (χ3n) is 4.49. The van der Waals surface area contributed by atoms with Crippen molar-refractivity contribution in [2.75, 3.05) is 6.54 Å². The smallest absolute Gasteiger partial charge is 0.248 e. The number of nitrogens with zero attached hydrogens (tertiary/aromatic N) is 1. The van der Waals surface area contributed by atoms with Crippen molar-refractivity contribution in [2.24, 2.45) is 5.73 Å². The molecule has 2 unspecified atom stereocenters. The van der Waals surface area contributed by atoms with E-state index in [-0.39, 0.29) is 30.7 Å². The number of benzene rings is 2. The molecular weight excluding hydrogens is 343 g/mol. The van der Waals surface area contributed by atoms with E-state index in [1.807, 2.05) is 24.3 Å². The van der Waals surface area contributed by atoms with Gasteiger partial charge in [0.05, 0.1) is 0 Å². The first-order chi connectivity index (χ1) is 10.6. The SMILES string of the molecule is CC(CCc1ccc(C(N)=O)cc1)[N@]1CC1c1ccccc1.Cl.Cl. The van der Waals surface area contributed by atoms with Gasteiger partial charge in [-0.3, -0.25) is 9.69 Å². The molecule has 2 aromatic carbocycles. The topological polar surface area (TPSA) is 46.1 Å². The molecule has 24 heavy (non-hydrogen) atoms. The number of primary amides is 1. The van der Waals surface area contributed by atoms with Gasteiger partial charge in [-0.05, 0) is 43.0 Å². The molecule has 0 aliphatic carbocycles. The molecule has 0 bridgehead atoms. The Hall–Kier alpha value is -1.55. The minimum Gasteiger partial charge on any atom is -0.366 e. The van der Waals surface area contributed by atoms with Crippen LogP contribution in [0.15, 0.2) is 54.6 Å². The zero-order valence-corrected chi connectivity index (χ0v) is 15.4. The molecule has 5 heteroatoms. The van der Waals surface area contributed by atoms with Crippen LogP contribution in [-0.4, -0.2) is 23.4 Å². The van der Waals surface area contributed by atoms with E-state index < -0.39 is 0 Å². The third-order valence-corrected chi connectivity index (χ3v) is 4.49. The monoisotopic (exact) mass is 366 g/mol. The fraction of sp³-hybridized carbons (Fsp3) is 0.316. The molecule has 3 rings (SSSR count). The van der Waals surface area contributed by atoms with Gasteiger partial charge in [0.15, 0.2) is 0 Å². The molecule has 2 N–H and O–H groups in total. The Morgan fingerprint density at radius 2 is 1.75 bits per heavy atom. The van der Waals surface area contributed by atoms with Crippen LogP contribution in [0.2, 0.25) is 0 Å². The van der Waals surface area contributed by atoms with Crippen molar-refractivity contribution in [1.82, 2.24) is 4.90 Å². The second-order valence-corrected chi connectivity index (χ2v) is 6.07. The molecule has 3 nitrogen and oxygen atoms in total. The van der Waals surface area contributed by atoms with E-state index in [2.05, 4.69) is 42.2 Å². The number of hydrogen-bond donors (Lipinski definition) is 1. The summed E-state index contributed by atoms with van der Waals surface area (Å²) in [5.41, 5.74) is 8.51. The molecule has 1 saturated heterocycles. The summed E-state index contributed by atoms with van der Waals surface area (Å²) in [4.78, 5) is 13.6. The Kier molecular flexibility index (Phi) is 7.74. The molecule has 1 aliphatic heterocycles. The number of nitrogens with two attached hydrogens (primary N) is 1. The number of rotatable bonds is 6. The molecular formula is C19H24Cl2N2O. The Morgan fingerprint density at radius 3 is 2.33 bits per heavy atom. The lowest BCUT2D eigenvalue weighted by Crippen LogP contribution is -2.16. The van der Waals surface area contributed by atoms with Gasteiger partial charge in [-0.15, -0.1) is 24.8 Å². The molecule has 0 spiro atoms. The van der Waals surface area contributed by atoms with Gasteiger partial charge in [-0.2, -0.15) is 0 Å². The van der Waals surface area contributed by atoms with Gasteiger partial charge in [0.2, 0.25) is 5.91 Å². The Bertz CT molecular complexity index is 646. The highest BCUT2D eigenvalue weighted by Gasteiger charge is 2.38. The van der Waals surface area contributed by atoms with Crippen LogP contribution in [0.4, 0.5) is 0 Å². The number of halogens is 2. The maximum Gasteiger partial charge on any atom is 0.248 e. The zero-order chi connectivity index (χ0) is 15.5. The average Bonchev–Trinajstić information content (AvgIpc) is 3.34. The quantitative estimate of drug-likeness (QED) is 0.785. The molecule has 2 aromatic rings. The van der Waals surface area contributed by atoms with E-state index in [1.165, 1.54) is 11.1 Å². The van der Waals surface area contributed by atoms with Gasteiger partial charge in [-0.1, -0.05) is 42.5 Å². The minimum absolute atomic E-state index is 0. The number of amides is 1. The summed E-state index contributed by atoms with van der Waals surface area (Å²) in [5.74, 6) is -0.366. The summed E-state index contributed by atoms with van der Waals surface area (Å²) in [7, 11) is 0. The van der Waals surface area contributed by atoms with Crippen molar-refractivity contribution in [3.63, 3.8) is 0 Å². The lowest BCUT2D eigenvalue weighted by Gasteiger charge is -2.14. The minimum atomic E-state index is -0.366. The van der Waals surface area contributed by atoms with Crippen LogP contribution in [0, 0.1) is 0 Å². The summed E-state index contributed by atoms with van der Waals surface area (Å²) in [6.45, 7) is 3.45. The Balaban J connectivity index is 0.00000144. The molecule has 3 atom stereocenters. The van der Waals surface area contributed by atoms with Crippen molar-refractivity contribution >= 4 is 30.7 Å². The summed E-state index contributed by atoms with van der Waals surface area (Å²) < 4.78 is 0. The maximum absolute atomic E-state index is 11.1. The lowest BCUT2D eigenvalue weighted by atomic mass is 10.0. The van der Waals surface area contributed by atoms with Crippen LogP contribution < -0.4 is 5.73 Å². The molecule has 0 saturated carbocycles. The predicted molar refractivity (Wildman–Crippen MR) is 103 cm³/mol. The molecule has 1 aliphatic rings. The molecule has 1 amide bonds. The van der Waals surface area contributed by atoms with Crippen molar-refractivity contribution in [2.45, 2.75) is 31.8 Å². The first kappa shape index (κ1) is 20.5. The van der Waals surface area contributed by atoms with Gasteiger partial charge in [0, 0.05) is 24.2 Å². The molecule has 1 heterocycles. The van der Waals surface area contributed by atoms with Crippen LogP contribution in [0.25, 0.3) is 0 Å². The van der Waals surface area contributed by atoms with Gasteiger partial charge in [-0.25, -0.2) is 0 Å². The largest absolute Gasteiger partial charge is 0.366 e. The normalized spacial score (nSPS) is 19.5. The Labute approximate surface area is 156 Å². The van der Waals surface area contributed by atoms with Crippen molar-refractivity contribution < 1.29 is 4.79 Å². The number of hydrogen-bond acceptors (Lipinski definition) is 2.